The molecule has 2 aromatic heterocycles. The van der Waals surface area contributed by atoms with Crippen LogP contribution in [0.3, 0.4) is 0 Å². The van der Waals surface area contributed by atoms with E-state index < -0.39 is 0 Å². The van der Waals surface area contributed by atoms with E-state index in [1.54, 1.807) is 12.3 Å². The molecule has 0 aliphatic rings. The van der Waals surface area contributed by atoms with Crippen LogP contribution in [-0.4, -0.2) is 20.9 Å². The van der Waals surface area contributed by atoms with Gasteiger partial charge in [-0.25, -0.2) is 9.50 Å². The molecule has 0 bridgehead atoms. The first-order valence-corrected chi connectivity index (χ1v) is 3.35. The maximum Gasteiger partial charge on any atom is 0.170 e. The van der Waals surface area contributed by atoms with E-state index in [0.717, 1.165) is 0 Å². The summed E-state index contributed by atoms with van der Waals surface area (Å²) in [6, 6.07) is 1.59. The number of nitrogen functional groups attached to an aromatic ring is 1. The molecule has 0 radical (unpaired) electrons. The minimum absolute atomic E-state index is 0.355. The molecule has 0 saturated heterocycles. The number of carbonyl (C=O) groups excluding carboxylic acids is 1. The van der Waals surface area contributed by atoms with E-state index in [4.69, 9.17) is 5.73 Å². The molecule has 0 spiro atoms. The molecular formula is C7H6N4O. The topological polar surface area (TPSA) is 73.3 Å². The number of anilines is 1. The van der Waals surface area contributed by atoms with E-state index in [-0.39, 0.29) is 0 Å². The third kappa shape index (κ3) is 0.914. The van der Waals surface area contributed by atoms with Crippen LogP contribution in [0.5, 0.6) is 0 Å². The number of nitrogens with zero attached hydrogens (tertiary/aromatic N) is 3. The molecule has 0 aromatic carbocycles. The quantitative estimate of drug-likeness (QED) is 0.604. The van der Waals surface area contributed by atoms with Gasteiger partial charge in [0.2, 0.25) is 0 Å². The maximum atomic E-state index is 10.3. The van der Waals surface area contributed by atoms with Gasteiger partial charge < -0.3 is 5.73 Å². The summed E-state index contributed by atoms with van der Waals surface area (Å²) in [7, 11) is 0. The third-order valence-corrected chi connectivity index (χ3v) is 1.47. The van der Waals surface area contributed by atoms with Crippen molar-refractivity contribution in [2.75, 3.05) is 5.73 Å². The highest BCUT2D eigenvalue weighted by molar-refractivity contribution is 5.74. The van der Waals surface area contributed by atoms with Gasteiger partial charge in [0.05, 0.1) is 18.1 Å². The number of nitrogens with two attached hydrogens (primary N) is 1. The zero-order chi connectivity index (χ0) is 8.55. The van der Waals surface area contributed by atoms with Gasteiger partial charge in [0, 0.05) is 6.07 Å². The molecular weight excluding hydrogens is 156 g/mol. The van der Waals surface area contributed by atoms with Crippen molar-refractivity contribution in [1.82, 2.24) is 14.6 Å². The molecule has 2 N–H and O–H groups in total. The Morgan fingerprint density at radius 2 is 2.42 bits per heavy atom. The largest absolute Gasteiger partial charge is 0.396 e. The van der Waals surface area contributed by atoms with E-state index in [9.17, 15) is 4.79 Å². The summed E-state index contributed by atoms with van der Waals surface area (Å²) in [5.74, 6) is 0. The fourth-order valence-corrected chi connectivity index (χ4v) is 0.967. The SMILES string of the molecule is Nc1cnc2cc(C=O)nn2c1. The molecule has 2 rings (SSSR count). The Morgan fingerprint density at radius 3 is 3.17 bits per heavy atom. The monoisotopic (exact) mass is 162 g/mol. The van der Waals surface area contributed by atoms with Crippen LogP contribution in [-0.2, 0) is 0 Å². The lowest BCUT2D eigenvalue weighted by atomic mass is 10.5. The molecule has 0 aliphatic carbocycles. The van der Waals surface area contributed by atoms with Gasteiger partial charge >= 0.3 is 0 Å². The standard InChI is InChI=1S/C7H6N4O/c8-5-2-9-7-1-6(4-12)10-11(7)3-5/h1-4H,8H2. The lowest BCUT2D eigenvalue weighted by Crippen LogP contribution is -1.94. The number of hydrogen-bond acceptors (Lipinski definition) is 4. The number of aromatic nitrogens is 3. The molecule has 60 valence electrons. The van der Waals surface area contributed by atoms with Crippen LogP contribution >= 0.6 is 0 Å². The van der Waals surface area contributed by atoms with Crippen molar-refractivity contribution in [3.05, 3.63) is 24.2 Å². The van der Waals surface area contributed by atoms with E-state index in [2.05, 4.69) is 10.1 Å². The number of fused-ring (bicyclic) bond motifs is 1. The highest BCUT2D eigenvalue weighted by Gasteiger charge is 2.00. The van der Waals surface area contributed by atoms with Gasteiger partial charge in [0.1, 0.15) is 5.69 Å². The summed E-state index contributed by atoms with van der Waals surface area (Å²) in [5, 5.41) is 3.90. The molecule has 5 heteroatoms. The second-order valence-electron chi connectivity index (χ2n) is 2.38. The predicted molar refractivity (Wildman–Crippen MR) is 42.8 cm³/mol. The van der Waals surface area contributed by atoms with Gasteiger partial charge in [0.15, 0.2) is 11.9 Å². The number of aldehydes is 1. The molecule has 0 fully saturated rings. The Balaban J connectivity index is 2.75. The van der Waals surface area contributed by atoms with Crippen LogP contribution in [0.15, 0.2) is 18.5 Å². The fraction of sp³-hybridized carbons (Fsp3) is 0. The van der Waals surface area contributed by atoms with Crippen LogP contribution < -0.4 is 5.73 Å². The Morgan fingerprint density at radius 1 is 1.58 bits per heavy atom. The Kier molecular flexibility index (Phi) is 1.30. The third-order valence-electron chi connectivity index (χ3n) is 1.47. The van der Waals surface area contributed by atoms with E-state index in [0.29, 0.717) is 23.3 Å². The summed E-state index contributed by atoms with van der Waals surface area (Å²) in [6.45, 7) is 0. The zero-order valence-electron chi connectivity index (χ0n) is 6.14. The van der Waals surface area contributed by atoms with Crippen LogP contribution in [0.2, 0.25) is 0 Å². The number of carbonyl (C=O) groups is 1. The number of hydrogen-bond donors (Lipinski definition) is 1. The van der Waals surface area contributed by atoms with Crippen molar-refractivity contribution < 1.29 is 4.79 Å². The molecule has 0 aliphatic heterocycles. The van der Waals surface area contributed by atoms with E-state index >= 15 is 0 Å². The average Bonchev–Trinajstić information content (AvgIpc) is 2.46. The molecule has 2 aromatic rings. The van der Waals surface area contributed by atoms with Gasteiger partial charge in [0.25, 0.3) is 0 Å². The average molecular weight is 162 g/mol. The molecule has 12 heavy (non-hydrogen) atoms. The normalized spacial score (nSPS) is 10.3. The lowest BCUT2D eigenvalue weighted by molar-refractivity contribution is 0.111. The van der Waals surface area contributed by atoms with Crippen molar-refractivity contribution in [3.63, 3.8) is 0 Å². The van der Waals surface area contributed by atoms with Crippen molar-refractivity contribution in [3.8, 4) is 0 Å². The Bertz CT molecular complexity index is 434. The minimum Gasteiger partial charge on any atom is -0.396 e. The zero-order valence-corrected chi connectivity index (χ0v) is 6.14. The molecule has 5 nitrogen and oxygen atoms in total. The predicted octanol–water partition coefficient (Wildman–Crippen LogP) is 0.124. The summed E-state index contributed by atoms with van der Waals surface area (Å²) in [4.78, 5) is 14.3. The minimum atomic E-state index is 0.355. The number of rotatable bonds is 1. The van der Waals surface area contributed by atoms with Gasteiger partial charge in [-0.2, -0.15) is 5.10 Å². The fourth-order valence-electron chi connectivity index (χ4n) is 0.967. The van der Waals surface area contributed by atoms with Crippen molar-refractivity contribution in [2.45, 2.75) is 0 Å². The van der Waals surface area contributed by atoms with Crippen LogP contribution in [0.1, 0.15) is 10.5 Å². The second-order valence-corrected chi connectivity index (χ2v) is 2.38. The smallest absolute Gasteiger partial charge is 0.170 e. The second kappa shape index (κ2) is 2.30. The lowest BCUT2D eigenvalue weighted by Gasteiger charge is -1.92. The van der Waals surface area contributed by atoms with Crippen LogP contribution in [0.4, 0.5) is 5.69 Å². The summed E-state index contributed by atoms with van der Waals surface area (Å²) in [6.07, 6.45) is 3.80. The van der Waals surface area contributed by atoms with Crippen LogP contribution in [0.25, 0.3) is 5.65 Å². The molecule has 0 atom stereocenters. The molecule has 2 heterocycles. The van der Waals surface area contributed by atoms with Gasteiger partial charge in [-0.15, -0.1) is 0 Å². The van der Waals surface area contributed by atoms with Crippen molar-refractivity contribution in [1.29, 1.82) is 0 Å². The molecule has 0 amide bonds. The molecule has 0 unspecified atom stereocenters. The first-order chi connectivity index (χ1) is 5.79. The first-order valence-electron chi connectivity index (χ1n) is 3.35. The van der Waals surface area contributed by atoms with Gasteiger partial charge in [-0.3, -0.25) is 4.79 Å². The van der Waals surface area contributed by atoms with Crippen molar-refractivity contribution >= 4 is 17.6 Å². The summed E-state index contributed by atoms with van der Waals surface area (Å²) >= 11 is 0. The van der Waals surface area contributed by atoms with E-state index in [1.807, 2.05) is 0 Å². The Hall–Kier alpha value is -1.91. The van der Waals surface area contributed by atoms with Crippen molar-refractivity contribution in [2.24, 2.45) is 0 Å². The van der Waals surface area contributed by atoms with Crippen LogP contribution in [0, 0.1) is 0 Å². The first kappa shape index (κ1) is 6.78. The highest BCUT2D eigenvalue weighted by atomic mass is 16.1. The summed E-state index contributed by atoms with van der Waals surface area (Å²) in [5.41, 5.74) is 6.95. The highest BCUT2D eigenvalue weighted by Crippen LogP contribution is 2.04. The Labute approximate surface area is 67.8 Å². The van der Waals surface area contributed by atoms with Gasteiger partial charge in [-0.1, -0.05) is 0 Å². The van der Waals surface area contributed by atoms with Gasteiger partial charge in [-0.05, 0) is 0 Å². The molecule has 0 saturated carbocycles. The summed E-state index contributed by atoms with van der Waals surface area (Å²) < 4.78 is 1.47. The van der Waals surface area contributed by atoms with E-state index in [1.165, 1.54) is 10.7 Å². The maximum absolute atomic E-state index is 10.3.